The average molecular weight is 336 g/mol. The van der Waals surface area contributed by atoms with Gasteiger partial charge in [-0.15, -0.1) is 0 Å². The van der Waals surface area contributed by atoms with Crippen molar-refractivity contribution in [3.63, 3.8) is 0 Å². The molecule has 1 N–H and O–H groups in total. The summed E-state index contributed by atoms with van der Waals surface area (Å²) in [5.41, 5.74) is 4.63. The van der Waals surface area contributed by atoms with Gasteiger partial charge < -0.3 is 5.11 Å². The van der Waals surface area contributed by atoms with E-state index in [0.717, 1.165) is 12.0 Å². The predicted octanol–water partition coefficient (Wildman–Crippen LogP) is 5.64. The third kappa shape index (κ3) is 2.88. The number of carboxylic acids is 1. The lowest BCUT2D eigenvalue weighted by Crippen LogP contribution is -2.27. The molecule has 0 aliphatic heterocycles. The minimum absolute atomic E-state index is 0.170. The van der Waals surface area contributed by atoms with E-state index in [1.807, 2.05) is 25.2 Å². The van der Waals surface area contributed by atoms with Crippen LogP contribution in [-0.2, 0) is 15.6 Å². The van der Waals surface area contributed by atoms with E-state index < -0.39 is 11.4 Å². The van der Waals surface area contributed by atoms with Crippen LogP contribution in [0.5, 0.6) is 0 Å². The molecule has 0 amide bonds. The zero-order chi connectivity index (χ0) is 18.5. The molecular formula is C23H28O2. The number of allylic oxidation sites excluding steroid dienone is 4. The first-order chi connectivity index (χ1) is 11.6. The maximum Gasteiger partial charge on any atom is 0.317 e. The van der Waals surface area contributed by atoms with Crippen LogP contribution in [0.15, 0.2) is 48.6 Å². The number of carbonyl (C=O) groups is 1. The Morgan fingerprint density at radius 1 is 1.12 bits per heavy atom. The van der Waals surface area contributed by atoms with Crippen LogP contribution in [0.25, 0.3) is 5.57 Å². The number of rotatable bonds is 3. The molecule has 3 rings (SSSR count). The minimum Gasteiger partial charge on any atom is -0.480 e. The molecule has 0 fully saturated rings. The fourth-order valence-corrected chi connectivity index (χ4v) is 4.69. The molecule has 2 heteroatoms. The Bertz CT molecular complexity index is 805. The smallest absolute Gasteiger partial charge is 0.317 e. The van der Waals surface area contributed by atoms with Gasteiger partial charge in [-0.3, -0.25) is 4.79 Å². The number of carboxylic acid groups (broad SMARTS) is 1. The zero-order valence-corrected chi connectivity index (χ0v) is 15.9. The van der Waals surface area contributed by atoms with E-state index in [4.69, 9.17) is 0 Å². The van der Waals surface area contributed by atoms with Crippen LogP contribution < -0.4 is 0 Å². The minimum atomic E-state index is -0.907. The Morgan fingerprint density at radius 2 is 1.80 bits per heavy atom. The van der Waals surface area contributed by atoms with Gasteiger partial charge in [0.1, 0.15) is 5.41 Å². The van der Waals surface area contributed by atoms with Gasteiger partial charge in [0.2, 0.25) is 0 Å². The summed E-state index contributed by atoms with van der Waals surface area (Å²) in [6.07, 6.45) is 11.1. The number of hydrogen-bond acceptors (Lipinski definition) is 1. The molecule has 1 aromatic rings. The molecule has 0 saturated carbocycles. The van der Waals surface area contributed by atoms with Crippen molar-refractivity contribution in [1.29, 1.82) is 0 Å². The first-order valence-electron chi connectivity index (χ1n) is 9.03. The van der Waals surface area contributed by atoms with Gasteiger partial charge in [-0.1, -0.05) is 76.3 Å². The summed E-state index contributed by atoms with van der Waals surface area (Å²) in [5.74, 6) is -0.797. The normalized spacial score (nSPS) is 26.5. The summed E-state index contributed by atoms with van der Waals surface area (Å²) in [5, 5.41) is 9.60. The summed E-state index contributed by atoms with van der Waals surface area (Å²) in [6, 6.07) is 6.75. The molecule has 132 valence electrons. The van der Waals surface area contributed by atoms with Crippen molar-refractivity contribution < 1.29 is 9.90 Å². The SMILES string of the molecule is CC=CC1(C(=O)O)C=CC(c2ccc3c(c2)C(C)(C)CC3(C)C)=CC1. The summed E-state index contributed by atoms with van der Waals surface area (Å²) < 4.78 is 0. The third-order valence-electron chi connectivity index (χ3n) is 5.78. The van der Waals surface area contributed by atoms with Crippen LogP contribution in [0.2, 0.25) is 0 Å². The van der Waals surface area contributed by atoms with Crippen molar-refractivity contribution in [3.8, 4) is 0 Å². The maximum atomic E-state index is 11.7. The standard InChI is InChI=1S/C23H28O2/c1-6-11-23(20(24)25)12-9-16(10-13-23)17-7-8-18-19(14-17)22(4,5)15-21(18,2)3/h6-12,14H,13,15H2,1-5H3,(H,24,25). The van der Waals surface area contributed by atoms with Crippen molar-refractivity contribution in [1.82, 2.24) is 0 Å². The summed E-state index contributed by atoms with van der Waals surface area (Å²) in [4.78, 5) is 11.7. The predicted molar refractivity (Wildman–Crippen MR) is 104 cm³/mol. The van der Waals surface area contributed by atoms with Gasteiger partial charge in [-0.2, -0.15) is 0 Å². The van der Waals surface area contributed by atoms with Crippen LogP contribution in [-0.4, -0.2) is 11.1 Å². The quantitative estimate of drug-likeness (QED) is 0.726. The highest BCUT2D eigenvalue weighted by Crippen LogP contribution is 2.50. The third-order valence-corrected chi connectivity index (χ3v) is 5.78. The number of hydrogen-bond donors (Lipinski definition) is 1. The van der Waals surface area contributed by atoms with Gasteiger partial charge in [-0.05, 0) is 52.9 Å². The second-order valence-electron chi connectivity index (χ2n) is 8.75. The topological polar surface area (TPSA) is 37.3 Å². The maximum absolute atomic E-state index is 11.7. The molecule has 2 aliphatic carbocycles. The molecule has 2 nitrogen and oxygen atoms in total. The Balaban J connectivity index is 1.97. The molecule has 0 aromatic heterocycles. The molecular weight excluding hydrogens is 308 g/mol. The van der Waals surface area contributed by atoms with E-state index in [-0.39, 0.29) is 10.8 Å². The molecule has 0 radical (unpaired) electrons. The summed E-state index contributed by atoms with van der Waals surface area (Å²) >= 11 is 0. The van der Waals surface area contributed by atoms with E-state index in [0.29, 0.717) is 6.42 Å². The average Bonchev–Trinajstić information content (AvgIpc) is 2.72. The van der Waals surface area contributed by atoms with Crippen molar-refractivity contribution in [3.05, 3.63) is 65.3 Å². The Labute approximate surface area is 151 Å². The van der Waals surface area contributed by atoms with Crippen LogP contribution in [0, 0.1) is 5.41 Å². The van der Waals surface area contributed by atoms with Gasteiger partial charge in [0.25, 0.3) is 0 Å². The van der Waals surface area contributed by atoms with Crippen LogP contribution in [0.4, 0.5) is 0 Å². The van der Waals surface area contributed by atoms with Crippen LogP contribution in [0.3, 0.4) is 0 Å². The number of benzene rings is 1. The molecule has 0 heterocycles. The van der Waals surface area contributed by atoms with Crippen molar-refractivity contribution >= 4 is 11.5 Å². The first kappa shape index (κ1) is 17.7. The van der Waals surface area contributed by atoms with E-state index in [1.54, 1.807) is 6.08 Å². The molecule has 1 atom stereocenters. The molecule has 0 saturated heterocycles. The highest BCUT2D eigenvalue weighted by atomic mass is 16.4. The number of aliphatic carboxylic acids is 1. The fraction of sp³-hybridized carbons (Fsp3) is 0.435. The molecule has 2 aliphatic rings. The lowest BCUT2D eigenvalue weighted by atomic mass is 9.78. The van der Waals surface area contributed by atoms with E-state index in [9.17, 15) is 9.90 Å². The van der Waals surface area contributed by atoms with Crippen LogP contribution >= 0.6 is 0 Å². The Kier molecular flexibility index (Phi) is 4.06. The van der Waals surface area contributed by atoms with Gasteiger partial charge in [0.15, 0.2) is 0 Å². The lowest BCUT2D eigenvalue weighted by molar-refractivity contribution is -0.143. The second kappa shape index (κ2) is 5.72. The molecule has 0 bridgehead atoms. The van der Waals surface area contributed by atoms with E-state index in [2.05, 4.69) is 52.0 Å². The van der Waals surface area contributed by atoms with E-state index in [1.165, 1.54) is 16.7 Å². The lowest BCUT2D eigenvalue weighted by Gasteiger charge is -2.25. The van der Waals surface area contributed by atoms with Gasteiger partial charge in [0.05, 0.1) is 0 Å². The highest BCUT2D eigenvalue weighted by molar-refractivity contribution is 5.85. The fourth-order valence-electron chi connectivity index (χ4n) is 4.69. The van der Waals surface area contributed by atoms with Gasteiger partial charge >= 0.3 is 5.97 Å². The molecule has 0 spiro atoms. The first-order valence-corrected chi connectivity index (χ1v) is 9.03. The van der Waals surface area contributed by atoms with Crippen molar-refractivity contribution in [2.24, 2.45) is 5.41 Å². The van der Waals surface area contributed by atoms with Gasteiger partial charge in [-0.25, -0.2) is 0 Å². The highest BCUT2D eigenvalue weighted by Gasteiger charge is 2.42. The summed E-state index contributed by atoms with van der Waals surface area (Å²) in [6.45, 7) is 11.1. The number of fused-ring (bicyclic) bond motifs is 1. The molecule has 25 heavy (non-hydrogen) atoms. The van der Waals surface area contributed by atoms with Crippen molar-refractivity contribution in [2.75, 3.05) is 0 Å². The molecule has 1 unspecified atom stereocenters. The zero-order valence-electron chi connectivity index (χ0n) is 15.9. The van der Waals surface area contributed by atoms with Gasteiger partial charge in [0, 0.05) is 0 Å². The largest absolute Gasteiger partial charge is 0.480 e. The van der Waals surface area contributed by atoms with Crippen LogP contribution in [0.1, 0.15) is 64.2 Å². The Hall–Kier alpha value is -2.09. The Morgan fingerprint density at radius 3 is 2.36 bits per heavy atom. The van der Waals surface area contributed by atoms with E-state index >= 15 is 0 Å². The van der Waals surface area contributed by atoms with Crippen molar-refractivity contribution in [2.45, 2.75) is 58.3 Å². The second-order valence-corrected chi connectivity index (χ2v) is 8.75. The molecule has 1 aromatic carbocycles. The summed E-state index contributed by atoms with van der Waals surface area (Å²) in [7, 11) is 0. The monoisotopic (exact) mass is 336 g/mol.